The summed E-state index contributed by atoms with van der Waals surface area (Å²) < 4.78 is 11.3. The van der Waals surface area contributed by atoms with E-state index < -0.39 is 8.56 Å². The van der Waals surface area contributed by atoms with Crippen molar-refractivity contribution in [2.24, 2.45) is 11.8 Å². The van der Waals surface area contributed by atoms with Gasteiger partial charge in [0.15, 0.2) is 0 Å². The van der Waals surface area contributed by atoms with Crippen LogP contribution in [0.15, 0.2) is 0 Å². The molecule has 0 aliphatic carbocycles. The fourth-order valence-corrected chi connectivity index (χ4v) is 5.06. The maximum Gasteiger partial charge on any atom is 0.337 e. The Morgan fingerprint density at radius 3 is 1.71 bits per heavy atom. The molecule has 0 amide bonds. The molecule has 0 saturated carbocycles. The fourth-order valence-electron chi connectivity index (χ4n) is 1.69. The highest BCUT2D eigenvalue weighted by Gasteiger charge is 2.35. The molecule has 0 aromatic carbocycles. The highest BCUT2D eigenvalue weighted by molar-refractivity contribution is 6.67. The van der Waals surface area contributed by atoms with Crippen LogP contribution in [0.4, 0.5) is 0 Å². The molecular weight excluding hydrogens is 192 g/mol. The number of rotatable bonds is 7. The molecule has 2 nitrogen and oxygen atoms in total. The van der Waals surface area contributed by atoms with Crippen LogP contribution in [0.25, 0.3) is 0 Å². The Morgan fingerprint density at radius 2 is 1.43 bits per heavy atom. The van der Waals surface area contributed by atoms with Gasteiger partial charge in [-0.1, -0.05) is 27.7 Å². The summed E-state index contributed by atoms with van der Waals surface area (Å²) >= 11 is 0. The van der Waals surface area contributed by atoms with Crippen LogP contribution < -0.4 is 0 Å². The van der Waals surface area contributed by atoms with Crippen molar-refractivity contribution in [1.29, 1.82) is 0 Å². The van der Waals surface area contributed by atoms with Gasteiger partial charge in [-0.2, -0.15) is 0 Å². The number of hydrogen-bond acceptors (Lipinski definition) is 2. The van der Waals surface area contributed by atoms with E-state index in [4.69, 9.17) is 8.85 Å². The molecule has 0 saturated heterocycles. The first-order valence-electron chi connectivity index (χ1n) is 5.56. The van der Waals surface area contributed by atoms with Gasteiger partial charge in [0, 0.05) is 14.2 Å². The maximum absolute atomic E-state index is 5.66. The van der Waals surface area contributed by atoms with Gasteiger partial charge in [0.1, 0.15) is 0 Å². The molecule has 0 heterocycles. The Kier molecular flexibility index (Phi) is 6.65. The molecule has 0 aliphatic heterocycles. The molecule has 0 aromatic heterocycles. The maximum atomic E-state index is 5.66. The van der Waals surface area contributed by atoms with Gasteiger partial charge in [0.2, 0.25) is 0 Å². The van der Waals surface area contributed by atoms with Crippen LogP contribution in [0.2, 0.25) is 12.1 Å². The largest absolute Gasteiger partial charge is 0.398 e. The fraction of sp³-hybridized carbons (Fsp3) is 1.00. The summed E-state index contributed by atoms with van der Waals surface area (Å²) in [6.07, 6.45) is 1.21. The van der Waals surface area contributed by atoms with E-state index in [1.807, 2.05) is 0 Å². The summed E-state index contributed by atoms with van der Waals surface area (Å²) in [6.45, 7) is 8.96. The van der Waals surface area contributed by atoms with Crippen molar-refractivity contribution in [3.63, 3.8) is 0 Å². The molecule has 0 bridgehead atoms. The second-order valence-corrected chi connectivity index (χ2v) is 8.40. The normalized spacial score (nSPS) is 12.9. The van der Waals surface area contributed by atoms with E-state index >= 15 is 0 Å². The zero-order valence-electron chi connectivity index (χ0n) is 10.6. The molecule has 0 N–H and O–H groups in total. The topological polar surface area (TPSA) is 18.5 Å². The monoisotopic (exact) mass is 218 g/mol. The van der Waals surface area contributed by atoms with Crippen LogP contribution in [0.3, 0.4) is 0 Å². The van der Waals surface area contributed by atoms with E-state index in [-0.39, 0.29) is 0 Å². The molecule has 86 valence electrons. The van der Waals surface area contributed by atoms with Gasteiger partial charge in [-0.3, -0.25) is 0 Å². The van der Waals surface area contributed by atoms with E-state index in [9.17, 15) is 0 Å². The van der Waals surface area contributed by atoms with E-state index in [1.54, 1.807) is 14.2 Å². The number of hydrogen-bond donors (Lipinski definition) is 0. The van der Waals surface area contributed by atoms with Crippen molar-refractivity contribution in [3.05, 3.63) is 0 Å². The predicted octanol–water partition coefficient (Wildman–Crippen LogP) is 3.42. The van der Waals surface area contributed by atoms with Gasteiger partial charge < -0.3 is 8.85 Å². The van der Waals surface area contributed by atoms with E-state index in [1.165, 1.54) is 6.42 Å². The van der Waals surface area contributed by atoms with Crippen LogP contribution in [-0.4, -0.2) is 22.8 Å². The van der Waals surface area contributed by atoms with Gasteiger partial charge in [0.05, 0.1) is 0 Å². The summed E-state index contributed by atoms with van der Waals surface area (Å²) in [6, 6.07) is 2.22. The minimum atomic E-state index is -1.87. The SMILES string of the molecule is CO[Si](CCC(C)C)(CC(C)C)OC. The lowest BCUT2D eigenvalue weighted by Gasteiger charge is -2.29. The lowest BCUT2D eigenvalue weighted by molar-refractivity contribution is 0.233. The molecule has 0 fully saturated rings. The lowest BCUT2D eigenvalue weighted by Crippen LogP contribution is -2.41. The zero-order valence-corrected chi connectivity index (χ0v) is 11.6. The van der Waals surface area contributed by atoms with Crippen molar-refractivity contribution in [2.45, 2.75) is 46.2 Å². The Hall–Kier alpha value is 0.137. The summed E-state index contributed by atoms with van der Waals surface area (Å²) in [7, 11) is 1.74. The standard InChI is InChI=1S/C11H26O2Si/c1-10(2)7-8-14(12-5,13-6)9-11(3)4/h10-11H,7-9H2,1-6H3. The van der Waals surface area contributed by atoms with Crippen molar-refractivity contribution in [2.75, 3.05) is 14.2 Å². The third kappa shape index (κ3) is 5.13. The first-order valence-corrected chi connectivity index (χ1v) is 7.79. The second kappa shape index (κ2) is 6.59. The van der Waals surface area contributed by atoms with Crippen LogP contribution >= 0.6 is 0 Å². The molecule has 0 spiro atoms. The third-order valence-electron chi connectivity index (χ3n) is 2.57. The van der Waals surface area contributed by atoms with Crippen molar-refractivity contribution in [3.8, 4) is 0 Å². The summed E-state index contributed by atoms with van der Waals surface area (Å²) in [5.41, 5.74) is 0. The Labute approximate surface area is 90.2 Å². The van der Waals surface area contributed by atoms with Crippen molar-refractivity contribution >= 4 is 8.56 Å². The predicted molar refractivity (Wildman–Crippen MR) is 63.7 cm³/mol. The van der Waals surface area contributed by atoms with E-state index in [0.29, 0.717) is 5.92 Å². The summed E-state index contributed by atoms with van der Waals surface area (Å²) in [4.78, 5) is 0. The summed E-state index contributed by atoms with van der Waals surface area (Å²) in [5.74, 6) is 1.40. The third-order valence-corrected chi connectivity index (χ3v) is 6.54. The van der Waals surface area contributed by atoms with Gasteiger partial charge in [0.25, 0.3) is 0 Å². The van der Waals surface area contributed by atoms with Gasteiger partial charge >= 0.3 is 8.56 Å². The minimum absolute atomic E-state index is 0.661. The molecule has 0 unspecified atom stereocenters. The van der Waals surface area contributed by atoms with E-state index in [0.717, 1.165) is 18.0 Å². The van der Waals surface area contributed by atoms with Crippen LogP contribution in [0.1, 0.15) is 34.1 Å². The minimum Gasteiger partial charge on any atom is -0.398 e. The quantitative estimate of drug-likeness (QED) is 0.610. The van der Waals surface area contributed by atoms with Crippen LogP contribution in [0.5, 0.6) is 0 Å². The van der Waals surface area contributed by atoms with Crippen LogP contribution in [0, 0.1) is 11.8 Å². The molecule has 14 heavy (non-hydrogen) atoms. The summed E-state index contributed by atoms with van der Waals surface area (Å²) in [5, 5.41) is 0. The Morgan fingerprint density at radius 1 is 0.929 bits per heavy atom. The molecule has 0 rings (SSSR count). The molecule has 0 aromatic rings. The highest BCUT2D eigenvalue weighted by Crippen LogP contribution is 2.25. The Bertz CT molecular complexity index is 142. The van der Waals surface area contributed by atoms with Crippen LogP contribution in [-0.2, 0) is 8.85 Å². The average Bonchev–Trinajstić information content (AvgIpc) is 2.11. The first kappa shape index (κ1) is 14.1. The first-order chi connectivity index (χ1) is 6.45. The van der Waals surface area contributed by atoms with Gasteiger partial charge in [-0.25, -0.2) is 0 Å². The molecule has 3 heteroatoms. The van der Waals surface area contributed by atoms with Crippen molar-refractivity contribution < 1.29 is 8.85 Å². The molecule has 0 radical (unpaired) electrons. The lowest BCUT2D eigenvalue weighted by atomic mass is 10.2. The second-order valence-electron chi connectivity index (χ2n) is 4.85. The van der Waals surface area contributed by atoms with Gasteiger partial charge in [-0.05, 0) is 30.3 Å². The zero-order chi connectivity index (χ0) is 11.2. The Balaban J connectivity index is 4.21. The molecule has 0 atom stereocenters. The van der Waals surface area contributed by atoms with Crippen molar-refractivity contribution in [1.82, 2.24) is 0 Å². The smallest absolute Gasteiger partial charge is 0.337 e. The molecule has 0 aliphatic rings. The van der Waals surface area contributed by atoms with E-state index in [2.05, 4.69) is 27.7 Å². The molecular formula is C11H26O2Si. The van der Waals surface area contributed by atoms with Gasteiger partial charge in [-0.15, -0.1) is 0 Å². The average molecular weight is 218 g/mol. The highest BCUT2D eigenvalue weighted by atomic mass is 28.4.